The number of hydrogen-bond acceptors (Lipinski definition) is 3. The van der Waals surface area contributed by atoms with Crippen molar-refractivity contribution in [2.24, 2.45) is 0 Å². The molecule has 0 radical (unpaired) electrons. The smallest absolute Gasteiger partial charge is 0.226 e. The lowest BCUT2D eigenvalue weighted by Crippen LogP contribution is -2.32. The Morgan fingerprint density at radius 3 is 2.09 bits per heavy atom. The fraction of sp³-hybridized carbons (Fsp3) is 0.556. The summed E-state index contributed by atoms with van der Waals surface area (Å²) in [4.78, 5) is 27.4. The maximum atomic E-state index is 12.0. The van der Waals surface area contributed by atoms with Gasteiger partial charge in [0.25, 0.3) is 0 Å². The van der Waals surface area contributed by atoms with Crippen molar-refractivity contribution in [2.75, 3.05) is 36.4 Å². The molecule has 23 heavy (non-hydrogen) atoms. The van der Waals surface area contributed by atoms with Crippen molar-refractivity contribution in [1.82, 2.24) is 4.90 Å². The number of hydrogen-bond donors (Lipinski definition) is 1. The standard InChI is InChI=1S/C18H29N3O2/c1-5-13-21(15(4)22)14-12-18(23)19-16-8-10-17(11-9-16)20(6-2)7-3/h8-11H,5-7,12-14H2,1-4H3,(H,19,23). The second kappa shape index (κ2) is 9.87. The van der Waals surface area contributed by atoms with Crippen LogP contribution in [0.1, 0.15) is 40.5 Å². The molecule has 0 atom stereocenters. The summed E-state index contributed by atoms with van der Waals surface area (Å²) in [6, 6.07) is 7.86. The molecule has 0 saturated heterocycles. The minimum Gasteiger partial charge on any atom is -0.372 e. The van der Waals surface area contributed by atoms with Crippen LogP contribution in [0.15, 0.2) is 24.3 Å². The van der Waals surface area contributed by atoms with Gasteiger partial charge in [-0.1, -0.05) is 6.92 Å². The van der Waals surface area contributed by atoms with Crippen LogP contribution in [0.3, 0.4) is 0 Å². The molecule has 0 aliphatic heterocycles. The average Bonchev–Trinajstić information content (AvgIpc) is 2.54. The molecule has 2 amide bonds. The zero-order chi connectivity index (χ0) is 17.2. The van der Waals surface area contributed by atoms with Crippen molar-refractivity contribution in [3.63, 3.8) is 0 Å². The third kappa shape index (κ3) is 6.30. The summed E-state index contributed by atoms with van der Waals surface area (Å²) in [6.45, 7) is 10.9. The van der Waals surface area contributed by atoms with Crippen molar-refractivity contribution in [2.45, 2.75) is 40.5 Å². The molecular weight excluding hydrogens is 290 g/mol. The van der Waals surface area contributed by atoms with E-state index in [9.17, 15) is 9.59 Å². The van der Waals surface area contributed by atoms with Gasteiger partial charge in [-0.25, -0.2) is 0 Å². The van der Waals surface area contributed by atoms with Crippen LogP contribution < -0.4 is 10.2 Å². The largest absolute Gasteiger partial charge is 0.372 e. The summed E-state index contributed by atoms with van der Waals surface area (Å²) in [6.07, 6.45) is 1.21. The SMILES string of the molecule is CCCN(CCC(=O)Nc1ccc(N(CC)CC)cc1)C(C)=O. The molecule has 0 aliphatic rings. The molecule has 0 fully saturated rings. The van der Waals surface area contributed by atoms with E-state index in [1.165, 1.54) is 0 Å². The Morgan fingerprint density at radius 2 is 1.61 bits per heavy atom. The highest BCUT2D eigenvalue weighted by molar-refractivity contribution is 5.91. The Labute approximate surface area is 139 Å². The number of carbonyl (C=O) groups excluding carboxylic acids is 2. The first kappa shape index (κ1) is 19.0. The highest BCUT2D eigenvalue weighted by atomic mass is 16.2. The lowest BCUT2D eigenvalue weighted by atomic mass is 10.2. The fourth-order valence-corrected chi connectivity index (χ4v) is 2.50. The van der Waals surface area contributed by atoms with E-state index in [1.54, 1.807) is 11.8 Å². The Balaban J connectivity index is 2.52. The Hall–Kier alpha value is -2.04. The van der Waals surface area contributed by atoms with E-state index in [1.807, 2.05) is 31.2 Å². The van der Waals surface area contributed by atoms with E-state index >= 15 is 0 Å². The van der Waals surface area contributed by atoms with Gasteiger partial charge in [0, 0.05) is 50.9 Å². The van der Waals surface area contributed by atoms with Crippen LogP contribution >= 0.6 is 0 Å². The molecule has 5 heteroatoms. The van der Waals surface area contributed by atoms with Crippen LogP contribution in [0.5, 0.6) is 0 Å². The molecule has 1 aromatic carbocycles. The summed E-state index contributed by atoms with van der Waals surface area (Å²) < 4.78 is 0. The van der Waals surface area contributed by atoms with E-state index in [0.717, 1.165) is 30.9 Å². The average molecular weight is 319 g/mol. The van der Waals surface area contributed by atoms with Crippen LogP contribution in [-0.2, 0) is 9.59 Å². The molecule has 128 valence electrons. The summed E-state index contributed by atoms with van der Waals surface area (Å²) in [5.74, 6) is -0.0498. The van der Waals surface area contributed by atoms with Gasteiger partial charge < -0.3 is 15.1 Å². The van der Waals surface area contributed by atoms with E-state index in [2.05, 4.69) is 24.1 Å². The van der Waals surface area contributed by atoms with Crippen LogP contribution in [0.4, 0.5) is 11.4 Å². The molecule has 0 saturated carbocycles. The van der Waals surface area contributed by atoms with Gasteiger partial charge >= 0.3 is 0 Å². The number of nitrogens with one attached hydrogen (secondary N) is 1. The number of nitrogens with zero attached hydrogens (tertiary/aromatic N) is 2. The highest BCUT2D eigenvalue weighted by Crippen LogP contribution is 2.17. The van der Waals surface area contributed by atoms with Crippen LogP contribution in [0.2, 0.25) is 0 Å². The zero-order valence-corrected chi connectivity index (χ0v) is 14.8. The second-order valence-corrected chi connectivity index (χ2v) is 5.52. The molecular formula is C18H29N3O2. The summed E-state index contributed by atoms with van der Waals surface area (Å²) >= 11 is 0. The molecule has 0 bridgehead atoms. The zero-order valence-electron chi connectivity index (χ0n) is 14.8. The Bertz CT molecular complexity index is 495. The number of benzene rings is 1. The van der Waals surface area contributed by atoms with E-state index in [4.69, 9.17) is 0 Å². The molecule has 1 rings (SSSR count). The van der Waals surface area contributed by atoms with Crippen molar-refractivity contribution < 1.29 is 9.59 Å². The maximum Gasteiger partial charge on any atom is 0.226 e. The predicted molar refractivity (Wildman–Crippen MR) is 95.8 cm³/mol. The van der Waals surface area contributed by atoms with Gasteiger partial charge in [0.05, 0.1) is 0 Å². The van der Waals surface area contributed by atoms with Crippen LogP contribution in [0, 0.1) is 0 Å². The van der Waals surface area contributed by atoms with Gasteiger partial charge in [-0.2, -0.15) is 0 Å². The van der Waals surface area contributed by atoms with Crippen LogP contribution in [-0.4, -0.2) is 42.9 Å². The molecule has 1 N–H and O–H groups in total. The lowest BCUT2D eigenvalue weighted by Gasteiger charge is -2.21. The third-order valence-corrected chi connectivity index (χ3v) is 3.83. The minimum absolute atomic E-state index is 0.0169. The summed E-state index contributed by atoms with van der Waals surface area (Å²) in [7, 11) is 0. The number of anilines is 2. The number of amides is 2. The Morgan fingerprint density at radius 1 is 1.00 bits per heavy atom. The van der Waals surface area contributed by atoms with Crippen molar-refractivity contribution in [1.29, 1.82) is 0 Å². The van der Waals surface area contributed by atoms with Crippen molar-refractivity contribution in [3.8, 4) is 0 Å². The number of carbonyl (C=O) groups is 2. The van der Waals surface area contributed by atoms with Gasteiger partial charge in [-0.05, 0) is 44.5 Å². The first-order chi connectivity index (χ1) is 11.0. The van der Waals surface area contributed by atoms with Gasteiger partial charge in [-0.3, -0.25) is 9.59 Å². The van der Waals surface area contributed by atoms with Gasteiger partial charge in [0.15, 0.2) is 0 Å². The summed E-state index contributed by atoms with van der Waals surface area (Å²) in [5, 5.41) is 2.89. The maximum absolute atomic E-state index is 12.0. The fourth-order valence-electron chi connectivity index (χ4n) is 2.50. The minimum atomic E-state index is -0.0667. The molecule has 0 aromatic heterocycles. The van der Waals surface area contributed by atoms with Gasteiger partial charge in [0.1, 0.15) is 0 Å². The van der Waals surface area contributed by atoms with E-state index in [0.29, 0.717) is 19.5 Å². The first-order valence-corrected chi connectivity index (χ1v) is 8.42. The quantitative estimate of drug-likeness (QED) is 0.761. The predicted octanol–water partition coefficient (Wildman–Crippen LogP) is 3.12. The molecule has 0 spiro atoms. The third-order valence-electron chi connectivity index (χ3n) is 3.83. The normalized spacial score (nSPS) is 10.3. The molecule has 0 unspecified atom stereocenters. The van der Waals surface area contributed by atoms with E-state index in [-0.39, 0.29) is 11.8 Å². The summed E-state index contributed by atoms with van der Waals surface area (Å²) in [5.41, 5.74) is 1.94. The number of rotatable bonds is 9. The van der Waals surface area contributed by atoms with Crippen LogP contribution in [0.25, 0.3) is 0 Å². The topological polar surface area (TPSA) is 52.7 Å². The molecule has 1 aromatic rings. The van der Waals surface area contributed by atoms with Gasteiger partial charge in [0.2, 0.25) is 11.8 Å². The Kier molecular flexibility index (Phi) is 8.16. The molecule has 5 nitrogen and oxygen atoms in total. The first-order valence-electron chi connectivity index (χ1n) is 8.42. The van der Waals surface area contributed by atoms with Gasteiger partial charge in [-0.15, -0.1) is 0 Å². The lowest BCUT2D eigenvalue weighted by molar-refractivity contribution is -0.129. The van der Waals surface area contributed by atoms with Crippen molar-refractivity contribution >= 4 is 23.2 Å². The molecule has 0 aliphatic carbocycles. The second-order valence-electron chi connectivity index (χ2n) is 5.52. The highest BCUT2D eigenvalue weighted by Gasteiger charge is 2.10. The molecule has 0 heterocycles. The van der Waals surface area contributed by atoms with E-state index < -0.39 is 0 Å². The van der Waals surface area contributed by atoms with Crippen molar-refractivity contribution in [3.05, 3.63) is 24.3 Å². The monoisotopic (exact) mass is 319 g/mol.